The van der Waals surface area contributed by atoms with E-state index in [4.69, 9.17) is 11.5 Å². The number of unbranched alkanes of at least 4 members (excludes halogenated alkanes) is 1. The van der Waals surface area contributed by atoms with Gasteiger partial charge >= 0.3 is 11.9 Å². The molecule has 4 amide bonds. The first-order valence-corrected chi connectivity index (χ1v) is 13.5. The lowest BCUT2D eigenvalue weighted by Crippen LogP contribution is -2.48. The second kappa shape index (κ2) is 15.6. The van der Waals surface area contributed by atoms with Gasteiger partial charge in [-0.2, -0.15) is 0 Å². The lowest BCUT2D eigenvalue weighted by Gasteiger charge is -2.32. The number of hydrogen-bond donors (Lipinski definition) is 7. The number of carbonyl (C=O) groups excluding carboxylic acids is 4. The van der Waals surface area contributed by atoms with Crippen LogP contribution in [0.15, 0.2) is 24.3 Å². The van der Waals surface area contributed by atoms with E-state index in [9.17, 15) is 39.0 Å². The maximum Gasteiger partial charge on any atom is 0.326 e. The van der Waals surface area contributed by atoms with E-state index in [0.29, 0.717) is 30.6 Å². The fourth-order valence-electron chi connectivity index (χ4n) is 4.30. The Hall–Kier alpha value is -4.16. The summed E-state index contributed by atoms with van der Waals surface area (Å²) in [5.74, 6) is -4.44. The van der Waals surface area contributed by atoms with Crippen molar-refractivity contribution in [3.63, 3.8) is 0 Å². The van der Waals surface area contributed by atoms with Crippen molar-refractivity contribution >= 4 is 41.3 Å². The molecule has 0 aliphatic carbocycles. The number of primary amides is 1. The van der Waals surface area contributed by atoms with Crippen molar-refractivity contribution in [1.29, 1.82) is 0 Å². The predicted molar refractivity (Wildman–Crippen MR) is 151 cm³/mol. The van der Waals surface area contributed by atoms with Crippen LogP contribution in [-0.4, -0.2) is 64.4 Å². The first-order valence-electron chi connectivity index (χ1n) is 13.5. The van der Waals surface area contributed by atoms with E-state index in [0.717, 1.165) is 0 Å². The molecule has 0 aromatic heterocycles. The lowest BCUT2D eigenvalue weighted by molar-refractivity contribution is -0.151. The number of carboxylic acid groups (broad SMARTS) is 2. The molecule has 0 saturated carbocycles. The number of nitrogens with one attached hydrogen (secondary N) is 3. The zero-order chi connectivity index (χ0) is 31.4. The number of nitrogen functional groups attached to an aromatic ring is 1. The van der Waals surface area contributed by atoms with Gasteiger partial charge in [-0.25, -0.2) is 4.79 Å². The van der Waals surface area contributed by atoms with Gasteiger partial charge in [0.2, 0.25) is 17.7 Å². The minimum Gasteiger partial charge on any atom is -0.481 e. The van der Waals surface area contributed by atoms with Crippen molar-refractivity contribution in [3.8, 4) is 0 Å². The molecule has 41 heavy (non-hydrogen) atoms. The third-order valence-electron chi connectivity index (χ3n) is 6.63. The van der Waals surface area contributed by atoms with Crippen LogP contribution in [-0.2, 0) is 24.0 Å². The van der Waals surface area contributed by atoms with Gasteiger partial charge in [-0.3, -0.25) is 24.0 Å². The zero-order valence-corrected chi connectivity index (χ0v) is 24.1. The molecule has 2 unspecified atom stereocenters. The van der Waals surface area contributed by atoms with Gasteiger partial charge in [0.1, 0.15) is 12.1 Å². The summed E-state index contributed by atoms with van der Waals surface area (Å²) >= 11 is 0. The van der Waals surface area contributed by atoms with Crippen LogP contribution in [0.4, 0.5) is 5.69 Å². The topological polar surface area (TPSA) is 231 Å². The van der Waals surface area contributed by atoms with Crippen LogP contribution in [0.3, 0.4) is 0 Å². The largest absolute Gasteiger partial charge is 0.481 e. The van der Waals surface area contributed by atoms with Crippen molar-refractivity contribution in [3.05, 3.63) is 29.8 Å². The molecule has 13 heteroatoms. The van der Waals surface area contributed by atoms with Gasteiger partial charge in [0.05, 0.1) is 5.41 Å². The Morgan fingerprint density at radius 1 is 0.829 bits per heavy atom. The van der Waals surface area contributed by atoms with Crippen molar-refractivity contribution in [2.24, 2.45) is 16.6 Å². The van der Waals surface area contributed by atoms with Crippen molar-refractivity contribution in [2.45, 2.75) is 84.7 Å². The highest BCUT2D eigenvalue weighted by molar-refractivity contribution is 5.94. The van der Waals surface area contributed by atoms with Gasteiger partial charge in [0, 0.05) is 29.6 Å². The minimum absolute atomic E-state index is 0.0145. The summed E-state index contributed by atoms with van der Waals surface area (Å²) in [5.41, 5.74) is 9.70. The highest BCUT2D eigenvalue weighted by atomic mass is 16.4. The van der Waals surface area contributed by atoms with Crippen LogP contribution in [0.5, 0.6) is 0 Å². The van der Waals surface area contributed by atoms with Crippen molar-refractivity contribution < 1.29 is 39.0 Å². The SMILES string of the molecule is CC(C)(CC(C)(C)C(=O)NC(CCCC(=O)NC(CCCCNC(=O)c1ccc(N)cc1)C(N)=O)C(=O)O)C(=O)O. The molecule has 0 spiro atoms. The number of carboxylic acids is 2. The maximum absolute atomic E-state index is 12.7. The quantitative estimate of drug-likeness (QED) is 0.0985. The summed E-state index contributed by atoms with van der Waals surface area (Å²) in [7, 11) is 0. The summed E-state index contributed by atoms with van der Waals surface area (Å²) in [5, 5.41) is 26.6. The summed E-state index contributed by atoms with van der Waals surface area (Å²) in [6.07, 6.45) is 1.23. The van der Waals surface area contributed by atoms with Crippen LogP contribution in [0.2, 0.25) is 0 Å². The second-order valence-electron chi connectivity index (χ2n) is 11.4. The number of aliphatic carboxylic acids is 2. The standard InChI is InChI=1S/C28H43N5O8/c1-27(2,16-28(3,4)26(40)41)25(39)33-20(24(37)38)9-7-10-21(34)32-19(22(30)35)8-5-6-15-31-23(36)17-11-13-18(29)14-12-17/h11-14,19-20H,5-10,15-16,29H2,1-4H3,(H2,30,35)(H,31,36)(H,32,34)(H,33,39)(H,37,38)(H,40,41). The Morgan fingerprint density at radius 2 is 1.41 bits per heavy atom. The third kappa shape index (κ3) is 12.3. The third-order valence-corrected chi connectivity index (χ3v) is 6.63. The van der Waals surface area contributed by atoms with Crippen LogP contribution in [0.1, 0.15) is 83.0 Å². The summed E-state index contributed by atoms with van der Waals surface area (Å²) < 4.78 is 0. The summed E-state index contributed by atoms with van der Waals surface area (Å²) in [6.45, 7) is 6.40. The number of anilines is 1. The number of rotatable bonds is 18. The first-order chi connectivity index (χ1) is 19.0. The molecule has 0 fully saturated rings. The Labute approximate surface area is 239 Å². The van der Waals surface area contributed by atoms with E-state index in [2.05, 4.69) is 16.0 Å². The molecule has 0 heterocycles. The minimum atomic E-state index is -1.29. The fourth-order valence-corrected chi connectivity index (χ4v) is 4.30. The van der Waals surface area contributed by atoms with E-state index < -0.39 is 52.6 Å². The maximum atomic E-state index is 12.7. The number of hydrogen-bond acceptors (Lipinski definition) is 7. The highest BCUT2D eigenvalue weighted by Gasteiger charge is 2.40. The molecular formula is C28H43N5O8. The smallest absolute Gasteiger partial charge is 0.326 e. The van der Waals surface area contributed by atoms with E-state index in [1.165, 1.54) is 27.7 Å². The second-order valence-corrected chi connectivity index (χ2v) is 11.4. The number of benzene rings is 1. The lowest BCUT2D eigenvalue weighted by atomic mass is 9.74. The van der Waals surface area contributed by atoms with Crippen molar-refractivity contribution in [2.75, 3.05) is 12.3 Å². The molecule has 0 bridgehead atoms. The van der Waals surface area contributed by atoms with Gasteiger partial charge in [-0.05, 0) is 76.6 Å². The molecule has 0 aliphatic rings. The van der Waals surface area contributed by atoms with Gasteiger partial charge in [0.15, 0.2) is 0 Å². The fraction of sp³-hybridized carbons (Fsp3) is 0.571. The molecule has 228 valence electrons. The number of amides is 4. The van der Waals surface area contributed by atoms with E-state index in [1.54, 1.807) is 24.3 Å². The van der Waals surface area contributed by atoms with E-state index in [-0.39, 0.29) is 38.0 Å². The van der Waals surface area contributed by atoms with Gasteiger partial charge in [-0.15, -0.1) is 0 Å². The molecular weight excluding hydrogens is 534 g/mol. The summed E-state index contributed by atoms with van der Waals surface area (Å²) in [6, 6.07) is 4.26. The Morgan fingerprint density at radius 3 is 1.95 bits per heavy atom. The molecule has 0 aliphatic heterocycles. The average molecular weight is 578 g/mol. The van der Waals surface area contributed by atoms with Crippen molar-refractivity contribution in [1.82, 2.24) is 16.0 Å². The molecule has 1 aromatic carbocycles. The molecule has 1 aromatic rings. The monoisotopic (exact) mass is 577 g/mol. The molecule has 0 radical (unpaired) electrons. The van der Waals surface area contributed by atoms with Gasteiger partial charge < -0.3 is 37.6 Å². The predicted octanol–water partition coefficient (Wildman–Crippen LogP) is 1.41. The van der Waals surface area contributed by atoms with E-state index >= 15 is 0 Å². The molecule has 9 N–H and O–H groups in total. The van der Waals surface area contributed by atoms with Crippen LogP contribution in [0.25, 0.3) is 0 Å². The van der Waals surface area contributed by atoms with E-state index in [1.807, 2.05) is 0 Å². The number of nitrogens with two attached hydrogens (primary N) is 2. The Kier molecular flexibility index (Phi) is 13.3. The van der Waals surface area contributed by atoms with Gasteiger partial charge in [-0.1, -0.05) is 13.8 Å². The molecule has 2 atom stereocenters. The first kappa shape index (κ1) is 34.9. The molecule has 0 saturated heterocycles. The Bertz CT molecular complexity index is 1100. The normalized spacial score (nSPS) is 13.0. The molecule has 13 nitrogen and oxygen atoms in total. The average Bonchev–Trinajstić information content (AvgIpc) is 2.86. The number of carbonyl (C=O) groups is 6. The van der Waals surface area contributed by atoms with Crippen LogP contribution >= 0.6 is 0 Å². The zero-order valence-electron chi connectivity index (χ0n) is 24.1. The van der Waals surface area contributed by atoms with Gasteiger partial charge in [0.25, 0.3) is 5.91 Å². The van der Waals surface area contributed by atoms with Crippen LogP contribution < -0.4 is 27.4 Å². The highest BCUT2D eigenvalue weighted by Crippen LogP contribution is 2.34. The summed E-state index contributed by atoms with van der Waals surface area (Å²) in [4.78, 5) is 72.2. The Balaban J connectivity index is 2.49. The molecule has 1 rings (SSSR count). The van der Waals surface area contributed by atoms with Crippen LogP contribution in [0, 0.1) is 10.8 Å².